The number of anilines is 2. The van der Waals surface area contributed by atoms with Crippen molar-refractivity contribution in [1.82, 2.24) is 4.31 Å². The average Bonchev–Trinajstić information content (AvgIpc) is 3.19. The van der Waals surface area contributed by atoms with Gasteiger partial charge in [0.1, 0.15) is 0 Å². The largest absolute Gasteiger partial charge is 0.326 e. The van der Waals surface area contributed by atoms with Crippen LogP contribution in [0.3, 0.4) is 0 Å². The van der Waals surface area contributed by atoms with Gasteiger partial charge in [-0.1, -0.05) is 37.6 Å². The van der Waals surface area contributed by atoms with E-state index in [1.807, 2.05) is 0 Å². The lowest BCUT2D eigenvalue weighted by Crippen LogP contribution is -2.30. The van der Waals surface area contributed by atoms with E-state index in [9.17, 15) is 18.0 Å². The third kappa shape index (κ3) is 5.49. The number of carbonyl (C=O) groups is 2. The molecule has 1 fully saturated rings. The normalized spacial score (nSPS) is 14.2. The van der Waals surface area contributed by atoms with Gasteiger partial charge in [-0.15, -0.1) is 0 Å². The van der Waals surface area contributed by atoms with Crippen molar-refractivity contribution in [3.05, 3.63) is 53.1 Å². The zero-order valence-electron chi connectivity index (χ0n) is 18.3. The number of rotatable bonds is 9. The maximum absolute atomic E-state index is 12.6. The van der Waals surface area contributed by atoms with Gasteiger partial charge in [0.25, 0.3) is 0 Å². The van der Waals surface area contributed by atoms with Crippen LogP contribution in [0.15, 0.2) is 47.4 Å². The van der Waals surface area contributed by atoms with Crippen LogP contribution in [0.1, 0.15) is 38.7 Å². The SMILES string of the molecule is CCN(CC)S(=O)(=O)c1ccc(CCC(=O)Nc2ccc(N3CCCC3=O)c(Cl)c2)cc1. The molecule has 0 bridgehead atoms. The summed E-state index contributed by atoms with van der Waals surface area (Å²) in [6, 6.07) is 11.8. The van der Waals surface area contributed by atoms with Crippen molar-refractivity contribution in [3.8, 4) is 0 Å². The van der Waals surface area contributed by atoms with Gasteiger partial charge in [0, 0.05) is 38.2 Å². The lowest BCUT2D eigenvalue weighted by molar-refractivity contribution is -0.117. The minimum Gasteiger partial charge on any atom is -0.326 e. The van der Waals surface area contributed by atoms with E-state index in [0.717, 1.165) is 12.0 Å². The van der Waals surface area contributed by atoms with Gasteiger partial charge in [0.2, 0.25) is 21.8 Å². The van der Waals surface area contributed by atoms with E-state index in [2.05, 4.69) is 5.32 Å². The molecule has 0 radical (unpaired) electrons. The highest BCUT2D eigenvalue weighted by Crippen LogP contribution is 2.31. The number of aryl methyl sites for hydroxylation is 1. The summed E-state index contributed by atoms with van der Waals surface area (Å²) in [5, 5.41) is 3.24. The van der Waals surface area contributed by atoms with Crippen LogP contribution < -0.4 is 10.2 Å². The van der Waals surface area contributed by atoms with E-state index in [1.54, 1.807) is 61.2 Å². The summed E-state index contributed by atoms with van der Waals surface area (Å²) < 4.78 is 26.5. The van der Waals surface area contributed by atoms with Gasteiger partial charge >= 0.3 is 0 Å². The molecule has 0 aromatic heterocycles. The molecule has 0 unspecified atom stereocenters. The number of halogens is 1. The molecular weight excluding hydrogens is 450 g/mol. The summed E-state index contributed by atoms with van der Waals surface area (Å²) in [6.07, 6.45) is 2.06. The predicted molar refractivity (Wildman–Crippen MR) is 127 cm³/mol. The molecule has 1 aliphatic rings. The van der Waals surface area contributed by atoms with E-state index < -0.39 is 10.0 Å². The summed E-state index contributed by atoms with van der Waals surface area (Å²) in [5.41, 5.74) is 2.10. The Morgan fingerprint density at radius 3 is 2.38 bits per heavy atom. The van der Waals surface area contributed by atoms with Gasteiger partial charge in [-0.05, 0) is 48.7 Å². The summed E-state index contributed by atoms with van der Waals surface area (Å²) in [7, 11) is -3.49. The molecule has 32 heavy (non-hydrogen) atoms. The highest BCUT2D eigenvalue weighted by atomic mass is 35.5. The molecular formula is C23H28ClN3O4S. The number of hydrogen-bond acceptors (Lipinski definition) is 4. The van der Waals surface area contributed by atoms with E-state index in [4.69, 9.17) is 11.6 Å². The molecule has 2 aromatic rings. The standard InChI is InChI=1S/C23H28ClN3O4S/c1-3-26(4-2)32(30,31)19-11-7-17(8-12-19)9-14-22(28)25-18-10-13-21(20(24)16-18)27-15-5-6-23(27)29/h7-8,10-13,16H,3-6,9,14-15H2,1-2H3,(H,25,28). The highest BCUT2D eigenvalue weighted by Gasteiger charge is 2.24. The van der Waals surface area contributed by atoms with Crippen molar-refractivity contribution in [2.45, 2.75) is 44.4 Å². The van der Waals surface area contributed by atoms with Crippen LogP contribution in [0, 0.1) is 0 Å². The molecule has 1 N–H and O–H groups in total. The highest BCUT2D eigenvalue weighted by molar-refractivity contribution is 7.89. The maximum atomic E-state index is 12.6. The smallest absolute Gasteiger partial charge is 0.243 e. The molecule has 3 rings (SSSR count). The van der Waals surface area contributed by atoms with E-state index in [0.29, 0.717) is 48.9 Å². The molecule has 0 saturated carbocycles. The summed E-state index contributed by atoms with van der Waals surface area (Å²) in [5.74, 6) is -0.120. The molecule has 1 aliphatic heterocycles. The van der Waals surface area contributed by atoms with Crippen molar-refractivity contribution < 1.29 is 18.0 Å². The topological polar surface area (TPSA) is 86.8 Å². The molecule has 2 amide bonds. The first-order chi connectivity index (χ1) is 15.3. The maximum Gasteiger partial charge on any atom is 0.243 e. The summed E-state index contributed by atoms with van der Waals surface area (Å²) in [4.78, 5) is 26.2. The van der Waals surface area contributed by atoms with E-state index in [-0.39, 0.29) is 23.1 Å². The first-order valence-corrected chi connectivity index (χ1v) is 12.6. The van der Waals surface area contributed by atoms with Crippen LogP contribution in [0.5, 0.6) is 0 Å². The molecule has 7 nitrogen and oxygen atoms in total. The Bertz CT molecular complexity index is 1080. The average molecular weight is 478 g/mol. The van der Waals surface area contributed by atoms with Gasteiger partial charge in [-0.3, -0.25) is 9.59 Å². The fraction of sp³-hybridized carbons (Fsp3) is 0.391. The number of benzene rings is 2. The number of nitrogens with zero attached hydrogens (tertiary/aromatic N) is 2. The van der Waals surface area contributed by atoms with Crippen LogP contribution in [-0.2, 0) is 26.0 Å². The minimum atomic E-state index is -3.49. The fourth-order valence-electron chi connectivity index (χ4n) is 3.73. The predicted octanol–water partition coefficient (Wildman–Crippen LogP) is 4.07. The second-order valence-corrected chi connectivity index (χ2v) is 9.94. The monoisotopic (exact) mass is 477 g/mol. The Hall–Kier alpha value is -2.42. The van der Waals surface area contributed by atoms with Crippen LogP contribution in [0.2, 0.25) is 5.02 Å². The van der Waals surface area contributed by atoms with Crippen molar-refractivity contribution in [2.75, 3.05) is 29.9 Å². The van der Waals surface area contributed by atoms with Gasteiger partial charge in [0.15, 0.2) is 0 Å². The van der Waals surface area contributed by atoms with Gasteiger partial charge in [-0.25, -0.2) is 8.42 Å². The number of nitrogens with one attached hydrogen (secondary N) is 1. The summed E-state index contributed by atoms with van der Waals surface area (Å²) in [6.45, 7) is 5.10. The number of hydrogen-bond donors (Lipinski definition) is 1. The molecule has 2 aromatic carbocycles. The molecule has 172 valence electrons. The van der Waals surface area contributed by atoms with Crippen LogP contribution in [0.25, 0.3) is 0 Å². The van der Waals surface area contributed by atoms with Crippen molar-refractivity contribution >= 4 is 44.8 Å². The Morgan fingerprint density at radius 2 is 1.81 bits per heavy atom. The van der Waals surface area contributed by atoms with Gasteiger partial charge < -0.3 is 10.2 Å². The Morgan fingerprint density at radius 1 is 1.12 bits per heavy atom. The summed E-state index contributed by atoms with van der Waals surface area (Å²) >= 11 is 6.33. The van der Waals surface area contributed by atoms with Crippen LogP contribution >= 0.6 is 11.6 Å². The van der Waals surface area contributed by atoms with Crippen molar-refractivity contribution in [2.24, 2.45) is 0 Å². The van der Waals surface area contributed by atoms with Crippen LogP contribution in [-0.4, -0.2) is 44.2 Å². The molecule has 1 heterocycles. The second-order valence-electron chi connectivity index (χ2n) is 7.60. The Kier molecular flexibility index (Phi) is 7.92. The quantitative estimate of drug-likeness (QED) is 0.589. The molecule has 0 spiro atoms. The molecule has 9 heteroatoms. The molecule has 0 atom stereocenters. The van der Waals surface area contributed by atoms with E-state index >= 15 is 0 Å². The lowest BCUT2D eigenvalue weighted by atomic mass is 10.1. The lowest BCUT2D eigenvalue weighted by Gasteiger charge is -2.18. The number of amides is 2. The zero-order valence-corrected chi connectivity index (χ0v) is 19.9. The van der Waals surface area contributed by atoms with Crippen molar-refractivity contribution in [1.29, 1.82) is 0 Å². The third-order valence-electron chi connectivity index (χ3n) is 5.50. The number of sulfonamides is 1. The van der Waals surface area contributed by atoms with E-state index in [1.165, 1.54) is 4.31 Å². The first kappa shape index (κ1) is 24.2. The third-order valence-corrected chi connectivity index (χ3v) is 7.87. The fourth-order valence-corrected chi connectivity index (χ4v) is 5.47. The Balaban J connectivity index is 1.57. The minimum absolute atomic E-state index is 0.0552. The first-order valence-electron chi connectivity index (χ1n) is 10.7. The molecule has 0 aliphatic carbocycles. The van der Waals surface area contributed by atoms with Gasteiger partial charge in [-0.2, -0.15) is 4.31 Å². The second kappa shape index (κ2) is 10.5. The Labute approximate surface area is 194 Å². The molecule has 1 saturated heterocycles. The number of carbonyl (C=O) groups excluding carboxylic acids is 2. The zero-order chi connectivity index (χ0) is 23.3. The van der Waals surface area contributed by atoms with Gasteiger partial charge in [0.05, 0.1) is 15.6 Å². The van der Waals surface area contributed by atoms with Crippen molar-refractivity contribution in [3.63, 3.8) is 0 Å². The van der Waals surface area contributed by atoms with Crippen LogP contribution in [0.4, 0.5) is 11.4 Å².